The minimum atomic E-state index is -3.49. The summed E-state index contributed by atoms with van der Waals surface area (Å²) in [5.74, 6) is 3.24. The lowest BCUT2D eigenvalue weighted by molar-refractivity contribution is -0.145. The van der Waals surface area contributed by atoms with Crippen LogP contribution in [0.5, 0.6) is 0 Å². The molecule has 0 spiro atoms. The van der Waals surface area contributed by atoms with Crippen molar-refractivity contribution in [3.05, 3.63) is 36.4 Å². The molecule has 4 aliphatic carbocycles. The number of piperidine rings is 1. The lowest BCUT2D eigenvalue weighted by Gasteiger charge is -2.56. The molecule has 2 heterocycles. The molecule has 2 aromatic rings. The van der Waals surface area contributed by atoms with Crippen molar-refractivity contribution in [2.24, 2.45) is 29.1 Å². The lowest BCUT2D eigenvalue weighted by atomic mass is 9.48. The van der Waals surface area contributed by atoms with Gasteiger partial charge in [0, 0.05) is 17.3 Å². The summed E-state index contributed by atoms with van der Waals surface area (Å²) in [4.78, 5) is 16.3. The van der Waals surface area contributed by atoms with Crippen LogP contribution in [0.15, 0.2) is 41.3 Å². The van der Waals surface area contributed by atoms with E-state index in [1.807, 2.05) is 30.3 Å². The number of benzene rings is 2. The molecule has 0 atom stereocenters. The minimum Gasteiger partial charge on any atom is -0.298 e. The fourth-order valence-corrected chi connectivity index (χ4v) is 10.3. The van der Waals surface area contributed by atoms with Crippen LogP contribution in [0.2, 0.25) is 0 Å². The van der Waals surface area contributed by atoms with Crippen molar-refractivity contribution in [1.29, 1.82) is 0 Å². The maximum Gasteiger partial charge on any atom is 0.265 e. The summed E-state index contributed by atoms with van der Waals surface area (Å²) in [6.45, 7) is 2.93. The third-order valence-corrected chi connectivity index (χ3v) is 11.6. The zero-order chi connectivity index (χ0) is 23.1. The number of rotatable bonds is 5. The highest BCUT2D eigenvalue weighted by Crippen LogP contribution is 2.60. The van der Waals surface area contributed by atoms with Gasteiger partial charge < -0.3 is 0 Å². The highest BCUT2D eigenvalue weighted by Gasteiger charge is 2.54. The quantitative estimate of drug-likeness (QED) is 0.617. The minimum absolute atomic E-state index is 0.0142. The molecular weight excluding hydrogens is 444 g/mol. The van der Waals surface area contributed by atoms with Crippen LogP contribution in [-0.2, 0) is 14.8 Å². The molecule has 0 radical (unpaired) electrons. The predicted molar refractivity (Wildman–Crippen MR) is 133 cm³/mol. The van der Waals surface area contributed by atoms with Crippen LogP contribution in [0.4, 0.5) is 5.69 Å². The number of carbonyl (C=O) groups excluding carboxylic acids is 1. The maximum absolute atomic E-state index is 13.5. The molecule has 6 heteroatoms. The molecule has 6 aliphatic rings. The van der Waals surface area contributed by atoms with E-state index in [2.05, 4.69) is 4.90 Å². The number of hydrogen-bond donors (Lipinski definition) is 0. The van der Waals surface area contributed by atoms with E-state index in [1.165, 1.54) is 19.3 Å². The Morgan fingerprint density at radius 3 is 2.18 bits per heavy atom. The molecule has 2 aromatic carbocycles. The molecule has 8 rings (SSSR count). The summed E-state index contributed by atoms with van der Waals surface area (Å²) >= 11 is 0. The van der Waals surface area contributed by atoms with Gasteiger partial charge in [-0.2, -0.15) is 0 Å². The lowest BCUT2D eigenvalue weighted by Crippen LogP contribution is -2.53. The number of nitrogens with zero attached hydrogens (tertiary/aromatic N) is 2. The van der Waals surface area contributed by atoms with Crippen LogP contribution < -0.4 is 4.31 Å². The topological polar surface area (TPSA) is 57.7 Å². The van der Waals surface area contributed by atoms with Crippen LogP contribution >= 0.6 is 0 Å². The monoisotopic (exact) mass is 478 g/mol. The number of anilines is 1. The van der Waals surface area contributed by atoms with Gasteiger partial charge in [-0.3, -0.25) is 14.0 Å². The van der Waals surface area contributed by atoms with Gasteiger partial charge in [0.25, 0.3) is 10.0 Å². The van der Waals surface area contributed by atoms with Crippen LogP contribution in [0.1, 0.15) is 51.4 Å². The SMILES string of the molecule is O=C(CN1CCC(CN2c3cccc4cccc(c34)S2(=O)=O)CC1)C12CC3CC(CC(C3)C1)C2. The van der Waals surface area contributed by atoms with Gasteiger partial charge in [0.05, 0.1) is 17.1 Å². The third-order valence-electron chi connectivity index (χ3n) is 9.81. The Morgan fingerprint density at radius 2 is 1.53 bits per heavy atom. The number of Topliss-reactive ketones (excluding diaryl/α,β-unsaturated/α-hetero) is 1. The molecule has 0 N–H and O–H groups in total. The fraction of sp³-hybridized carbons (Fsp3) is 0.607. The highest BCUT2D eigenvalue weighted by atomic mass is 32.2. The third kappa shape index (κ3) is 3.21. The van der Waals surface area contributed by atoms with Gasteiger partial charge >= 0.3 is 0 Å². The number of ketones is 1. The first-order chi connectivity index (χ1) is 16.4. The molecule has 180 valence electrons. The summed E-state index contributed by atoms with van der Waals surface area (Å²) in [5, 5.41) is 1.85. The molecule has 0 unspecified atom stereocenters. The summed E-state index contributed by atoms with van der Waals surface area (Å²) in [5.41, 5.74) is 0.812. The largest absolute Gasteiger partial charge is 0.298 e. The Bertz CT molecular complexity index is 1220. The van der Waals surface area contributed by atoms with Crippen molar-refractivity contribution in [3.63, 3.8) is 0 Å². The number of carbonyl (C=O) groups is 1. The Hall–Kier alpha value is -1.92. The van der Waals surface area contributed by atoms with E-state index in [-0.39, 0.29) is 5.41 Å². The van der Waals surface area contributed by atoms with Crippen molar-refractivity contribution in [2.45, 2.75) is 56.3 Å². The molecule has 34 heavy (non-hydrogen) atoms. The number of hydrogen-bond acceptors (Lipinski definition) is 4. The van der Waals surface area contributed by atoms with E-state index < -0.39 is 10.0 Å². The number of sulfonamides is 1. The zero-order valence-corrected chi connectivity index (χ0v) is 20.6. The van der Waals surface area contributed by atoms with Gasteiger partial charge in [0.15, 0.2) is 5.78 Å². The zero-order valence-electron chi connectivity index (χ0n) is 19.8. The maximum atomic E-state index is 13.5. The second kappa shape index (κ2) is 7.54. The highest BCUT2D eigenvalue weighted by molar-refractivity contribution is 7.93. The van der Waals surface area contributed by atoms with Crippen molar-refractivity contribution in [1.82, 2.24) is 4.90 Å². The van der Waals surface area contributed by atoms with Crippen LogP contribution in [0.25, 0.3) is 10.8 Å². The summed E-state index contributed by atoms with van der Waals surface area (Å²) in [6, 6.07) is 11.4. The van der Waals surface area contributed by atoms with E-state index >= 15 is 0 Å². The van der Waals surface area contributed by atoms with Gasteiger partial charge in [-0.25, -0.2) is 8.42 Å². The average molecular weight is 479 g/mol. The van der Waals surface area contributed by atoms with Gasteiger partial charge in [0.1, 0.15) is 0 Å². The molecule has 0 amide bonds. The second-order valence-corrected chi connectivity index (χ2v) is 13.8. The summed E-state index contributed by atoms with van der Waals surface area (Å²) < 4.78 is 28.3. The standard InChI is InChI=1S/C28H34N2O3S/c31-26(28-14-20-11-21(15-28)13-22(12-20)16-28)18-29-9-7-19(8-10-29)17-30-24-5-1-3-23-4-2-6-25(27(23)24)34(30,32)33/h1-6,19-22H,7-18H2. The Balaban J connectivity index is 1.01. The summed E-state index contributed by atoms with van der Waals surface area (Å²) in [6.07, 6.45) is 9.45. The van der Waals surface area contributed by atoms with E-state index in [1.54, 1.807) is 10.4 Å². The Labute approximate surface area is 202 Å². The Morgan fingerprint density at radius 1 is 0.912 bits per heavy atom. The van der Waals surface area contributed by atoms with Crippen molar-refractivity contribution >= 4 is 32.3 Å². The molecular formula is C28H34N2O3S. The van der Waals surface area contributed by atoms with Crippen molar-refractivity contribution < 1.29 is 13.2 Å². The fourth-order valence-electron chi connectivity index (χ4n) is 8.54. The van der Waals surface area contributed by atoms with Gasteiger partial charge in [0.2, 0.25) is 0 Å². The normalized spacial score (nSPS) is 34.2. The molecule has 5 nitrogen and oxygen atoms in total. The van der Waals surface area contributed by atoms with Crippen molar-refractivity contribution in [3.8, 4) is 0 Å². The van der Waals surface area contributed by atoms with E-state index in [0.29, 0.717) is 29.7 Å². The van der Waals surface area contributed by atoms with Crippen LogP contribution in [0.3, 0.4) is 0 Å². The van der Waals surface area contributed by atoms with Crippen molar-refractivity contribution in [2.75, 3.05) is 30.5 Å². The van der Waals surface area contributed by atoms with E-state index in [9.17, 15) is 13.2 Å². The molecule has 2 aliphatic heterocycles. The van der Waals surface area contributed by atoms with E-state index in [0.717, 1.165) is 79.4 Å². The molecule has 4 saturated carbocycles. The summed E-state index contributed by atoms with van der Waals surface area (Å²) in [7, 11) is -3.49. The molecule has 1 saturated heterocycles. The van der Waals surface area contributed by atoms with Gasteiger partial charge in [-0.05, 0) is 106 Å². The van der Waals surface area contributed by atoms with Crippen LogP contribution in [0, 0.1) is 29.1 Å². The second-order valence-electron chi connectivity index (χ2n) is 12.0. The average Bonchev–Trinajstić information content (AvgIpc) is 3.03. The first-order valence-corrected chi connectivity index (χ1v) is 14.7. The predicted octanol–water partition coefficient (Wildman–Crippen LogP) is 4.85. The van der Waals surface area contributed by atoms with Gasteiger partial charge in [-0.15, -0.1) is 0 Å². The first kappa shape index (κ1) is 21.4. The molecule has 5 fully saturated rings. The molecule has 4 bridgehead atoms. The number of likely N-dealkylation sites (tertiary alicyclic amines) is 1. The Kier molecular flexibility index (Phi) is 4.74. The first-order valence-electron chi connectivity index (χ1n) is 13.2. The van der Waals surface area contributed by atoms with Gasteiger partial charge in [-0.1, -0.05) is 24.3 Å². The smallest absolute Gasteiger partial charge is 0.265 e. The molecule has 0 aromatic heterocycles. The van der Waals surface area contributed by atoms with Crippen LogP contribution in [-0.4, -0.2) is 45.3 Å². The van der Waals surface area contributed by atoms with E-state index in [4.69, 9.17) is 0 Å².